The lowest BCUT2D eigenvalue weighted by molar-refractivity contribution is 0.295. The first-order valence-electron chi connectivity index (χ1n) is 8.79. The molecule has 2 aromatic heterocycles. The van der Waals surface area contributed by atoms with Gasteiger partial charge in [-0.2, -0.15) is 5.10 Å². The Labute approximate surface area is 151 Å². The predicted molar refractivity (Wildman–Crippen MR) is 102 cm³/mol. The highest BCUT2D eigenvalue weighted by atomic mass is 15.1. The third-order valence-electron chi connectivity index (χ3n) is 5.20. The molecule has 0 radical (unpaired) electrons. The number of likely N-dealkylation sites (N-methyl/N-ethyl adjacent to an activating group) is 1. The third kappa shape index (κ3) is 2.57. The molecule has 1 aliphatic heterocycles. The number of nitrogens with one attached hydrogen (secondary N) is 1. The number of hydrogen-bond acceptors (Lipinski definition) is 4. The van der Waals surface area contributed by atoms with E-state index in [2.05, 4.69) is 68.5 Å². The topological polar surface area (TPSA) is 57.7 Å². The van der Waals surface area contributed by atoms with Crippen LogP contribution in [0.3, 0.4) is 0 Å². The Kier molecular flexibility index (Phi) is 3.53. The number of benzene rings is 2. The average Bonchev–Trinajstić information content (AvgIpc) is 3.15. The lowest BCUT2D eigenvalue weighted by Gasteiger charge is -2.33. The van der Waals surface area contributed by atoms with Gasteiger partial charge in [-0.15, -0.1) is 0 Å². The molecule has 128 valence electrons. The summed E-state index contributed by atoms with van der Waals surface area (Å²) in [5, 5.41) is 8.34. The van der Waals surface area contributed by atoms with Crippen molar-refractivity contribution >= 4 is 10.9 Å². The van der Waals surface area contributed by atoms with Crippen LogP contribution in [0.25, 0.3) is 22.2 Å². The van der Waals surface area contributed by atoms with Crippen LogP contribution >= 0.6 is 0 Å². The molecule has 1 aliphatic rings. The number of hydrogen-bond donors (Lipinski definition) is 1. The Balaban J connectivity index is 1.59. The maximum atomic E-state index is 4.39. The molecule has 2 aromatic carbocycles. The van der Waals surface area contributed by atoms with E-state index in [9.17, 15) is 0 Å². The van der Waals surface area contributed by atoms with Gasteiger partial charge in [0.2, 0.25) is 0 Å². The molecule has 0 amide bonds. The lowest BCUT2D eigenvalue weighted by atomic mass is 9.83. The fraction of sp³-hybridized carbons (Fsp3) is 0.190. The van der Waals surface area contributed by atoms with Gasteiger partial charge in [0.15, 0.2) is 0 Å². The highest BCUT2D eigenvalue weighted by Gasteiger charge is 2.25. The first kappa shape index (κ1) is 15.2. The Bertz CT molecular complexity index is 1070. The Morgan fingerprint density at radius 1 is 1.12 bits per heavy atom. The summed E-state index contributed by atoms with van der Waals surface area (Å²) in [6.07, 6.45) is 5.28. The fourth-order valence-electron chi connectivity index (χ4n) is 3.93. The Hall–Kier alpha value is -3.05. The van der Waals surface area contributed by atoms with Crippen LogP contribution in [0.5, 0.6) is 0 Å². The van der Waals surface area contributed by atoms with Crippen molar-refractivity contribution in [3.05, 3.63) is 77.9 Å². The molecule has 0 fully saturated rings. The highest BCUT2D eigenvalue weighted by molar-refractivity contribution is 5.79. The van der Waals surface area contributed by atoms with Crippen molar-refractivity contribution in [3.8, 4) is 11.3 Å². The van der Waals surface area contributed by atoms with E-state index in [0.29, 0.717) is 5.92 Å². The van der Waals surface area contributed by atoms with Crippen molar-refractivity contribution < 1.29 is 0 Å². The number of H-pyrrole nitrogens is 1. The van der Waals surface area contributed by atoms with Gasteiger partial charge in [-0.25, -0.2) is 9.97 Å². The van der Waals surface area contributed by atoms with Crippen LogP contribution in [-0.4, -0.2) is 38.7 Å². The summed E-state index contributed by atoms with van der Waals surface area (Å²) in [5.41, 5.74) is 7.30. The summed E-state index contributed by atoms with van der Waals surface area (Å²) < 4.78 is 0. The summed E-state index contributed by atoms with van der Waals surface area (Å²) >= 11 is 0. The molecule has 0 spiro atoms. The molecule has 5 nitrogen and oxygen atoms in total. The molecule has 4 aromatic rings. The van der Waals surface area contributed by atoms with Crippen molar-refractivity contribution in [3.63, 3.8) is 0 Å². The minimum atomic E-state index is 0.363. The van der Waals surface area contributed by atoms with Crippen LogP contribution in [0.2, 0.25) is 0 Å². The molecular formula is C21H19N5. The monoisotopic (exact) mass is 341 g/mol. The van der Waals surface area contributed by atoms with E-state index in [1.54, 1.807) is 12.5 Å². The van der Waals surface area contributed by atoms with E-state index in [0.717, 1.165) is 35.2 Å². The molecule has 0 bridgehead atoms. The van der Waals surface area contributed by atoms with E-state index in [1.807, 2.05) is 12.3 Å². The molecule has 1 N–H and O–H groups in total. The summed E-state index contributed by atoms with van der Waals surface area (Å²) in [6, 6.07) is 15.3. The third-order valence-corrected chi connectivity index (χ3v) is 5.20. The SMILES string of the molecule is CN1Cc2cc(-c3ccncn3)ccc2C(c2ccc3[nH]ncc3c2)C1. The van der Waals surface area contributed by atoms with Gasteiger partial charge in [0.1, 0.15) is 6.33 Å². The van der Waals surface area contributed by atoms with Crippen molar-refractivity contribution in [1.82, 2.24) is 25.1 Å². The van der Waals surface area contributed by atoms with Crippen LogP contribution in [0.1, 0.15) is 22.6 Å². The minimum Gasteiger partial charge on any atom is -0.301 e. The maximum absolute atomic E-state index is 4.39. The van der Waals surface area contributed by atoms with Gasteiger partial charge in [-0.1, -0.05) is 18.2 Å². The van der Waals surface area contributed by atoms with Crippen molar-refractivity contribution in [1.29, 1.82) is 0 Å². The molecule has 3 heterocycles. The van der Waals surface area contributed by atoms with Crippen molar-refractivity contribution in [2.45, 2.75) is 12.5 Å². The smallest absolute Gasteiger partial charge is 0.116 e. The van der Waals surface area contributed by atoms with Gasteiger partial charge in [0.25, 0.3) is 0 Å². The summed E-state index contributed by atoms with van der Waals surface area (Å²) in [7, 11) is 2.18. The standard InChI is InChI=1S/C21H19N5/c1-26-11-17-9-15(20-6-7-22-13-23-20)2-4-18(17)19(12-26)14-3-5-21-16(8-14)10-24-25-21/h2-10,13,19H,11-12H2,1H3,(H,24,25). The summed E-state index contributed by atoms with van der Waals surface area (Å²) in [6.45, 7) is 1.97. The molecule has 1 unspecified atom stereocenters. The first-order valence-corrected chi connectivity index (χ1v) is 8.79. The Morgan fingerprint density at radius 3 is 2.96 bits per heavy atom. The quantitative estimate of drug-likeness (QED) is 0.605. The van der Waals surface area contributed by atoms with Crippen LogP contribution in [0.15, 0.2) is 61.2 Å². The molecular weight excluding hydrogens is 322 g/mol. The summed E-state index contributed by atoms with van der Waals surface area (Å²) in [4.78, 5) is 10.8. The zero-order valence-corrected chi connectivity index (χ0v) is 14.6. The van der Waals surface area contributed by atoms with Gasteiger partial charge < -0.3 is 4.90 Å². The highest BCUT2D eigenvalue weighted by Crippen LogP contribution is 2.35. The normalized spacial score (nSPS) is 17.3. The second kappa shape index (κ2) is 6.04. The first-order chi connectivity index (χ1) is 12.8. The molecule has 1 atom stereocenters. The van der Waals surface area contributed by atoms with Crippen LogP contribution in [0, 0.1) is 0 Å². The summed E-state index contributed by atoms with van der Waals surface area (Å²) in [5.74, 6) is 0.363. The second-order valence-corrected chi connectivity index (χ2v) is 6.97. The zero-order valence-electron chi connectivity index (χ0n) is 14.6. The van der Waals surface area contributed by atoms with Gasteiger partial charge in [0, 0.05) is 36.2 Å². The van der Waals surface area contributed by atoms with E-state index >= 15 is 0 Å². The average molecular weight is 341 g/mol. The molecule has 0 saturated carbocycles. The van der Waals surface area contributed by atoms with Crippen molar-refractivity contribution in [2.75, 3.05) is 13.6 Å². The van der Waals surface area contributed by atoms with Gasteiger partial charge in [-0.05, 0) is 48.0 Å². The lowest BCUT2D eigenvalue weighted by Crippen LogP contribution is -2.31. The maximum Gasteiger partial charge on any atom is 0.116 e. The van der Waals surface area contributed by atoms with E-state index in [-0.39, 0.29) is 0 Å². The van der Waals surface area contributed by atoms with Gasteiger partial charge in [-0.3, -0.25) is 5.10 Å². The van der Waals surface area contributed by atoms with Gasteiger partial charge in [0.05, 0.1) is 17.4 Å². The molecule has 0 aliphatic carbocycles. The van der Waals surface area contributed by atoms with Crippen LogP contribution in [0.4, 0.5) is 0 Å². The number of rotatable bonds is 2. The van der Waals surface area contributed by atoms with E-state index < -0.39 is 0 Å². The number of fused-ring (bicyclic) bond motifs is 2. The minimum absolute atomic E-state index is 0.363. The van der Waals surface area contributed by atoms with E-state index in [4.69, 9.17) is 0 Å². The number of aromatic amines is 1. The number of aromatic nitrogens is 4. The van der Waals surface area contributed by atoms with Crippen LogP contribution in [-0.2, 0) is 6.54 Å². The second-order valence-electron chi connectivity index (χ2n) is 6.97. The van der Waals surface area contributed by atoms with Gasteiger partial charge >= 0.3 is 0 Å². The molecule has 0 saturated heterocycles. The Morgan fingerprint density at radius 2 is 2.08 bits per heavy atom. The molecule has 5 heteroatoms. The van der Waals surface area contributed by atoms with Crippen molar-refractivity contribution in [2.24, 2.45) is 0 Å². The number of nitrogens with zero attached hydrogens (tertiary/aromatic N) is 4. The van der Waals surface area contributed by atoms with Crippen LogP contribution < -0.4 is 0 Å². The zero-order chi connectivity index (χ0) is 17.5. The van der Waals surface area contributed by atoms with E-state index in [1.165, 1.54) is 16.7 Å². The fourth-order valence-corrected chi connectivity index (χ4v) is 3.93. The molecule has 26 heavy (non-hydrogen) atoms. The predicted octanol–water partition coefficient (Wildman–Crippen LogP) is 3.60. The molecule has 5 rings (SSSR count). The largest absolute Gasteiger partial charge is 0.301 e.